The summed E-state index contributed by atoms with van der Waals surface area (Å²) in [4.78, 5) is 20.3. The minimum absolute atomic E-state index is 0.0928. The summed E-state index contributed by atoms with van der Waals surface area (Å²) in [6.45, 7) is 12.3. The van der Waals surface area contributed by atoms with E-state index in [9.17, 15) is 4.79 Å². The molecule has 1 aliphatic rings. The number of hydrogen-bond acceptors (Lipinski definition) is 6. The molecular weight excluding hydrogens is 466 g/mol. The van der Waals surface area contributed by atoms with Crippen molar-refractivity contribution >= 4 is 6.09 Å². The number of aryl methyl sites for hydroxylation is 1. The van der Waals surface area contributed by atoms with Crippen LogP contribution in [0, 0.1) is 6.92 Å². The van der Waals surface area contributed by atoms with Crippen LogP contribution in [0.25, 0.3) is 0 Å². The van der Waals surface area contributed by atoms with Crippen molar-refractivity contribution in [3.8, 4) is 11.5 Å². The summed E-state index contributed by atoms with van der Waals surface area (Å²) in [5, 5.41) is 2.90. The number of alkyl carbamates (subject to hydrolysis) is 1. The van der Waals surface area contributed by atoms with Gasteiger partial charge in [-0.1, -0.05) is 38.1 Å². The lowest BCUT2D eigenvalue weighted by Gasteiger charge is -2.36. The predicted octanol–water partition coefficient (Wildman–Crippen LogP) is 6.12. The molecule has 196 valence electrons. The van der Waals surface area contributed by atoms with Crippen molar-refractivity contribution in [2.45, 2.75) is 84.2 Å². The predicted molar refractivity (Wildman–Crippen MR) is 143 cm³/mol. The second-order valence-corrected chi connectivity index (χ2v) is 11.2. The average Bonchev–Trinajstić information content (AvgIpc) is 2.82. The van der Waals surface area contributed by atoms with Gasteiger partial charge in [0.05, 0.1) is 0 Å². The molecule has 1 fully saturated rings. The Morgan fingerprint density at radius 1 is 0.892 bits per heavy atom. The lowest BCUT2D eigenvalue weighted by atomic mass is 9.78. The van der Waals surface area contributed by atoms with Crippen molar-refractivity contribution in [3.05, 3.63) is 83.4 Å². The number of carbonyl (C=O) groups excluding carboxylic acids is 1. The van der Waals surface area contributed by atoms with Crippen LogP contribution in [0.5, 0.6) is 11.5 Å². The summed E-state index contributed by atoms with van der Waals surface area (Å²) in [6.07, 6.45) is 4.85. The van der Waals surface area contributed by atoms with Crippen LogP contribution >= 0.6 is 0 Å². The quantitative estimate of drug-likeness (QED) is 0.399. The van der Waals surface area contributed by atoms with E-state index in [2.05, 4.69) is 53.4 Å². The second kappa shape index (κ2) is 10.8. The maximum atomic E-state index is 11.9. The number of ether oxygens (including phenoxy) is 3. The minimum atomic E-state index is -0.493. The molecule has 0 unspecified atom stereocenters. The Kier molecular flexibility index (Phi) is 7.71. The fourth-order valence-corrected chi connectivity index (χ4v) is 4.19. The van der Waals surface area contributed by atoms with Gasteiger partial charge in [-0.25, -0.2) is 14.8 Å². The molecule has 37 heavy (non-hydrogen) atoms. The fourth-order valence-electron chi connectivity index (χ4n) is 4.19. The molecular formula is C30H37N3O4. The van der Waals surface area contributed by atoms with Crippen molar-refractivity contribution < 1.29 is 19.0 Å². The highest BCUT2D eigenvalue weighted by Crippen LogP contribution is 2.34. The van der Waals surface area contributed by atoms with Crippen molar-refractivity contribution in [1.29, 1.82) is 0 Å². The SMILES string of the molecule is Cc1ncc(COc2ccc(C(C)(C)c3ccc(OC4CC(NC(=O)OC(C)(C)C)C4)cc3)cc2)cn1. The van der Waals surface area contributed by atoms with Gasteiger partial charge in [0.25, 0.3) is 0 Å². The lowest BCUT2D eigenvalue weighted by Crippen LogP contribution is -2.50. The number of benzene rings is 2. The Morgan fingerprint density at radius 2 is 1.43 bits per heavy atom. The normalized spacial score (nSPS) is 17.5. The highest BCUT2D eigenvalue weighted by molar-refractivity contribution is 5.68. The Labute approximate surface area is 219 Å². The number of amides is 1. The van der Waals surface area contributed by atoms with Gasteiger partial charge in [-0.3, -0.25) is 0 Å². The molecule has 0 atom stereocenters. The molecule has 1 amide bonds. The van der Waals surface area contributed by atoms with E-state index < -0.39 is 5.60 Å². The van der Waals surface area contributed by atoms with Gasteiger partial charge in [-0.2, -0.15) is 0 Å². The molecule has 1 aliphatic carbocycles. The summed E-state index contributed by atoms with van der Waals surface area (Å²) in [5.41, 5.74) is 2.66. The Balaban J connectivity index is 1.27. The van der Waals surface area contributed by atoms with Crippen molar-refractivity contribution in [2.75, 3.05) is 0 Å². The zero-order chi connectivity index (χ0) is 26.6. The summed E-state index contributed by atoms with van der Waals surface area (Å²) >= 11 is 0. The highest BCUT2D eigenvalue weighted by atomic mass is 16.6. The molecule has 4 rings (SSSR count). The highest BCUT2D eigenvalue weighted by Gasteiger charge is 2.33. The molecule has 1 N–H and O–H groups in total. The third kappa shape index (κ3) is 7.21. The van der Waals surface area contributed by atoms with Gasteiger partial charge in [0.15, 0.2) is 0 Å². The van der Waals surface area contributed by atoms with Crippen molar-refractivity contribution in [1.82, 2.24) is 15.3 Å². The van der Waals surface area contributed by atoms with Crippen LogP contribution in [0.1, 0.15) is 70.0 Å². The maximum Gasteiger partial charge on any atom is 0.407 e. The second-order valence-electron chi connectivity index (χ2n) is 11.2. The topological polar surface area (TPSA) is 82.6 Å². The lowest BCUT2D eigenvalue weighted by molar-refractivity contribution is 0.0363. The van der Waals surface area contributed by atoms with Crippen LogP contribution in [0.2, 0.25) is 0 Å². The van der Waals surface area contributed by atoms with E-state index in [1.54, 1.807) is 12.4 Å². The molecule has 1 saturated carbocycles. The number of rotatable bonds is 8. The Bertz CT molecular complexity index is 1180. The molecule has 1 heterocycles. The molecule has 7 nitrogen and oxygen atoms in total. The molecule has 0 saturated heterocycles. The number of carbonyl (C=O) groups is 1. The first kappa shape index (κ1) is 26.5. The van der Waals surface area contributed by atoms with Crippen LogP contribution in [-0.2, 0) is 16.8 Å². The molecule has 0 radical (unpaired) electrons. The van der Waals surface area contributed by atoms with E-state index in [0.29, 0.717) is 6.61 Å². The van der Waals surface area contributed by atoms with Crippen LogP contribution < -0.4 is 14.8 Å². The maximum absolute atomic E-state index is 11.9. The van der Waals surface area contributed by atoms with Gasteiger partial charge in [0.2, 0.25) is 0 Å². The van der Waals surface area contributed by atoms with E-state index in [1.807, 2.05) is 52.0 Å². The van der Waals surface area contributed by atoms with E-state index in [1.165, 1.54) is 11.1 Å². The zero-order valence-electron chi connectivity index (χ0n) is 22.6. The number of hydrogen-bond donors (Lipinski definition) is 1. The number of nitrogens with zero attached hydrogens (tertiary/aromatic N) is 2. The molecule has 0 bridgehead atoms. The summed E-state index contributed by atoms with van der Waals surface area (Å²) in [7, 11) is 0. The molecule has 0 aliphatic heterocycles. The Morgan fingerprint density at radius 3 is 1.97 bits per heavy atom. The molecule has 2 aromatic carbocycles. The van der Waals surface area contributed by atoms with Crippen molar-refractivity contribution in [3.63, 3.8) is 0 Å². The van der Waals surface area contributed by atoms with Crippen LogP contribution in [0.4, 0.5) is 4.79 Å². The summed E-state index contributed by atoms with van der Waals surface area (Å²) < 4.78 is 17.3. The van der Waals surface area contributed by atoms with Gasteiger partial charge < -0.3 is 19.5 Å². The van der Waals surface area contributed by atoms with Crippen LogP contribution in [0.15, 0.2) is 60.9 Å². The first-order valence-electron chi connectivity index (χ1n) is 12.8. The first-order chi connectivity index (χ1) is 17.5. The van der Waals surface area contributed by atoms with Gasteiger partial charge in [-0.05, 0) is 63.1 Å². The Hall–Kier alpha value is -3.61. The minimum Gasteiger partial charge on any atom is -0.490 e. The van der Waals surface area contributed by atoms with Crippen LogP contribution in [0.3, 0.4) is 0 Å². The van der Waals surface area contributed by atoms with E-state index >= 15 is 0 Å². The third-order valence-electron chi connectivity index (χ3n) is 6.51. The molecule has 3 aromatic rings. The summed E-state index contributed by atoms with van der Waals surface area (Å²) in [5.74, 6) is 2.40. The van der Waals surface area contributed by atoms with E-state index in [-0.39, 0.29) is 23.7 Å². The van der Waals surface area contributed by atoms with Gasteiger partial charge >= 0.3 is 6.09 Å². The third-order valence-corrected chi connectivity index (χ3v) is 6.51. The zero-order valence-corrected chi connectivity index (χ0v) is 22.6. The summed E-state index contributed by atoms with van der Waals surface area (Å²) in [6, 6.07) is 16.6. The number of nitrogens with one attached hydrogen (secondary N) is 1. The van der Waals surface area contributed by atoms with Crippen LogP contribution in [-0.4, -0.2) is 33.8 Å². The largest absolute Gasteiger partial charge is 0.490 e. The standard InChI is InChI=1S/C30H37N3O4/c1-20-31-17-21(18-32-20)19-35-25-11-7-22(8-12-25)30(5,6)23-9-13-26(14-10-23)36-27-15-24(16-27)33-28(34)37-29(2,3)4/h7-14,17-18,24,27H,15-16,19H2,1-6H3,(H,33,34). The molecule has 1 aromatic heterocycles. The van der Waals surface area contributed by atoms with Gasteiger partial charge in [0.1, 0.15) is 35.6 Å². The molecule has 0 spiro atoms. The molecule has 7 heteroatoms. The number of aromatic nitrogens is 2. The van der Waals surface area contributed by atoms with Gasteiger partial charge in [-0.15, -0.1) is 0 Å². The van der Waals surface area contributed by atoms with Gasteiger partial charge in [0, 0.05) is 42.3 Å². The first-order valence-corrected chi connectivity index (χ1v) is 12.8. The monoisotopic (exact) mass is 503 g/mol. The van der Waals surface area contributed by atoms with E-state index in [4.69, 9.17) is 14.2 Å². The smallest absolute Gasteiger partial charge is 0.407 e. The average molecular weight is 504 g/mol. The van der Waals surface area contributed by atoms with E-state index in [0.717, 1.165) is 35.7 Å². The van der Waals surface area contributed by atoms with Crippen molar-refractivity contribution in [2.24, 2.45) is 0 Å². The fraction of sp³-hybridized carbons (Fsp3) is 0.433.